The number of rotatable bonds is 7. The Morgan fingerprint density at radius 2 is 1.83 bits per heavy atom. The average molecular weight is 270 g/mol. The lowest BCUT2D eigenvalue weighted by molar-refractivity contribution is 0.169. The molecule has 0 aliphatic rings. The van der Waals surface area contributed by atoms with Gasteiger partial charge in [-0.1, -0.05) is 43.6 Å². The first-order valence-electron chi connectivity index (χ1n) is 6.66. The third kappa shape index (κ3) is 5.38. The van der Waals surface area contributed by atoms with Gasteiger partial charge in [0.05, 0.1) is 6.10 Å². The fraction of sp³-hybridized carbons (Fsp3) is 0.600. The number of halogens is 1. The molecule has 3 heteroatoms. The minimum atomic E-state index is -0.541. The van der Waals surface area contributed by atoms with Crippen LogP contribution in [-0.4, -0.2) is 17.7 Å². The monoisotopic (exact) mass is 269 g/mol. The summed E-state index contributed by atoms with van der Waals surface area (Å²) in [5.74, 6) is 0.725. The van der Waals surface area contributed by atoms with Crippen molar-refractivity contribution < 1.29 is 5.11 Å². The molecule has 2 unspecified atom stereocenters. The first kappa shape index (κ1) is 15.5. The lowest BCUT2D eigenvalue weighted by Gasteiger charge is -2.18. The van der Waals surface area contributed by atoms with Crippen molar-refractivity contribution in [3.8, 4) is 0 Å². The highest BCUT2D eigenvalue weighted by Crippen LogP contribution is 2.22. The van der Waals surface area contributed by atoms with Crippen molar-refractivity contribution in [1.29, 1.82) is 0 Å². The van der Waals surface area contributed by atoms with Crippen molar-refractivity contribution in [2.24, 2.45) is 5.92 Å². The molecule has 18 heavy (non-hydrogen) atoms. The summed E-state index contributed by atoms with van der Waals surface area (Å²) < 4.78 is 0. The summed E-state index contributed by atoms with van der Waals surface area (Å²) in [6, 6.07) is 7.86. The van der Waals surface area contributed by atoms with Crippen molar-refractivity contribution in [3.63, 3.8) is 0 Å². The van der Waals surface area contributed by atoms with Gasteiger partial charge >= 0.3 is 0 Å². The standard InChI is InChI=1S/C15H24ClNO/c1-11(2)8-9-12(3)17-10-15(18)13-6-4-5-7-14(13)16/h4-7,11-12,15,17-18H,8-10H2,1-3H3. The van der Waals surface area contributed by atoms with Crippen molar-refractivity contribution in [3.05, 3.63) is 34.9 Å². The Balaban J connectivity index is 2.37. The summed E-state index contributed by atoms with van der Waals surface area (Å²) in [7, 11) is 0. The van der Waals surface area contributed by atoms with E-state index in [2.05, 4.69) is 26.1 Å². The Morgan fingerprint density at radius 1 is 1.17 bits per heavy atom. The van der Waals surface area contributed by atoms with Crippen molar-refractivity contribution in [2.45, 2.75) is 45.8 Å². The van der Waals surface area contributed by atoms with E-state index < -0.39 is 6.10 Å². The number of aliphatic hydroxyl groups excluding tert-OH is 1. The second kappa shape index (κ2) is 7.78. The van der Waals surface area contributed by atoms with E-state index in [0.717, 1.165) is 17.9 Å². The highest BCUT2D eigenvalue weighted by molar-refractivity contribution is 6.31. The second-order valence-corrected chi connectivity index (χ2v) is 5.73. The molecule has 1 rings (SSSR count). The third-order valence-corrected chi connectivity index (χ3v) is 3.45. The number of hydrogen-bond acceptors (Lipinski definition) is 2. The molecule has 0 fully saturated rings. The minimum absolute atomic E-state index is 0.421. The Hall–Kier alpha value is -0.570. The molecule has 2 atom stereocenters. The van der Waals surface area contributed by atoms with Gasteiger partial charge in [-0.25, -0.2) is 0 Å². The van der Waals surface area contributed by atoms with E-state index in [4.69, 9.17) is 11.6 Å². The number of nitrogens with one attached hydrogen (secondary N) is 1. The quantitative estimate of drug-likeness (QED) is 0.789. The Kier molecular flexibility index (Phi) is 6.69. The molecule has 0 bridgehead atoms. The topological polar surface area (TPSA) is 32.3 Å². The molecule has 0 spiro atoms. The third-order valence-electron chi connectivity index (χ3n) is 3.10. The van der Waals surface area contributed by atoms with E-state index in [1.165, 1.54) is 6.42 Å². The van der Waals surface area contributed by atoms with Gasteiger partial charge in [0.15, 0.2) is 0 Å². The normalized spacial score (nSPS) is 14.8. The van der Waals surface area contributed by atoms with Crippen molar-refractivity contribution >= 4 is 11.6 Å². The largest absolute Gasteiger partial charge is 0.387 e. The maximum Gasteiger partial charge on any atom is 0.0928 e. The molecule has 2 nitrogen and oxygen atoms in total. The maximum absolute atomic E-state index is 10.1. The zero-order chi connectivity index (χ0) is 13.5. The van der Waals surface area contributed by atoms with Crippen LogP contribution in [0.4, 0.5) is 0 Å². The number of hydrogen-bond donors (Lipinski definition) is 2. The smallest absolute Gasteiger partial charge is 0.0928 e. The Labute approximate surface area is 115 Å². The second-order valence-electron chi connectivity index (χ2n) is 5.32. The van der Waals surface area contributed by atoms with Crippen LogP contribution in [0.5, 0.6) is 0 Å². The van der Waals surface area contributed by atoms with Gasteiger partial charge in [0.2, 0.25) is 0 Å². The summed E-state index contributed by atoms with van der Waals surface area (Å²) in [6.45, 7) is 7.15. The molecule has 1 aromatic carbocycles. The first-order valence-corrected chi connectivity index (χ1v) is 7.04. The predicted octanol–water partition coefficient (Wildman–Crippen LogP) is 3.79. The lowest BCUT2D eigenvalue weighted by Crippen LogP contribution is -2.30. The summed E-state index contributed by atoms with van der Waals surface area (Å²) in [4.78, 5) is 0. The zero-order valence-corrected chi connectivity index (χ0v) is 12.2. The van der Waals surface area contributed by atoms with Gasteiger partial charge in [0.1, 0.15) is 0 Å². The number of benzene rings is 1. The maximum atomic E-state index is 10.1. The van der Waals surface area contributed by atoms with Gasteiger partial charge in [-0.05, 0) is 31.7 Å². The van der Waals surface area contributed by atoms with Crippen LogP contribution in [0.25, 0.3) is 0 Å². The van der Waals surface area contributed by atoms with Crippen LogP contribution >= 0.6 is 11.6 Å². The van der Waals surface area contributed by atoms with Crippen LogP contribution in [0.2, 0.25) is 5.02 Å². The predicted molar refractivity (Wildman–Crippen MR) is 77.9 cm³/mol. The van der Waals surface area contributed by atoms with E-state index in [1.807, 2.05) is 24.3 Å². The molecule has 0 radical (unpaired) electrons. The van der Waals surface area contributed by atoms with Crippen molar-refractivity contribution in [1.82, 2.24) is 5.32 Å². The summed E-state index contributed by atoms with van der Waals surface area (Å²) in [5, 5.41) is 14.1. The highest BCUT2D eigenvalue weighted by Gasteiger charge is 2.12. The molecular formula is C15H24ClNO. The van der Waals surface area contributed by atoms with E-state index in [-0.39, 0.29) is 0 Å². The molecule has 0 aliphatic heterocycles. The minimum Gasteiger partial charge on any atom is -0.387 e. The van der Waals surface area contributed by atoms with E-state index in [0.29, 0.717) is 17.6 Å². The molecule has 2 N–H and O–H groups in total. The Morgan fingerprint density at radius 3 is 2.44 bits per heavy atom. The molecule has 0 amide bonds. The van der Waals surface area contributed by atoms with Crippen LogP contribution < -0.4 is 5.32 Å². The van der Waals surface area contributed by atoms with Crippen LogP contribution in [-0.2, 0) is 0 Å². The molecule has 0 aromatic heterocycles. The van der Waals surface area contributed by atoms with Crippen LogP contribution in [0.1, 0.15) is 45.3 Å². The summed E-state index contributed by atoms with van der Waals surface area (Å²) >= 11 is 6.05. The van der Waals surface area contributed by atoms with Crippen LogP contribution in [0.3, 0.4) is 0 Å². The molecule has 0 aliphatic carbocycles. The molecule has 0 heterocycles. The fourth-order valence-electron chi connectivity index (χ4n) is 1.85. The number of aliphatic hydroxyl groups is 1. The van der Waals surface area contributed by atoms with Crippen LogP contribution in [0, 0.1) is 5.92 Å². The average Bonchev–Trinajstić information content (AvgIpc) is 2.34. The summed E-state index contributed by atoms with van der Waals surface area (Å²) in [6.07, 6.45) is 1.80. The first-order chi connectivity index (χ1) is 8.50. The van der Waals surface area contributed by atoms with Gasteiger partial charge in [0, 0.05) is 23.2 Å². The van der Waals surface area contributed by atoms with E-state index in [9.17, 15) is 5.11 Å². The van der Waals surface area contributed by atoms with E-state index in [1.54, 1.807) is 0 Å². The van der Waals surface area contributed by atoms with Gasteiger partial charge in [-0.3, -0.25) is 0 Å². The molecule has 0 saturated carbocycles. The van der Waals surface area contributed by atoms with Gasteiger partial charge in [0.25, 0.3) is 0 Å². The van der Waals surface area contributed by atoms with Crippen molar-refractivity contribution in [2.75, 3.05) is 6.54 Å². The lowest BCUT2D eigenvalue weighted by atomic mass is 10.0. The molecule has 1 aromatic rings. The molecular weight excluding hydrogens is 246 g/mol. The molecule has 102 valence electrons. The fourth-order valence-corrected chi connectivity index (χ4v) is 2.12. The van der Waals surface area contributed by atoms with Crippen LogP contribution in [0.15, 0.2) is 24.3 Å². The Bertz CT molecular complexity index is 354. The van der Waals surface area contributed by atoms with Gasteiger partial charge in [-0.2, -0.15) is 0 Å². The van der Waals surface area contributed by atoms with Gasteiger partial charge < -0.3 is 10.4 Å². The van der Waals surface area contributed by atoms with E-state index >= 15 is 0 Å². The summed E-state index contributed by atoms with van der Waals surface area (Å²) in [5.41, 5.74) is 0.794. The highest BCUT2D eigenvalue weighted by atomic mass is 35.5. The molecule has 0 saturated heterocycles. The van der Waals surface area contributed by atoms with Gasteiger partial charge in [-0.15, -0.1) is 0 Å². The SMILES string of the molecule is CC(C)CCC(C)NCC(O)c1ccccc1Cl. The zero-order valence-electron chi connectivity index (χ0n) is 11.5.